The average molecular weight is 349 g/mol. The van der Waals surface area contributed by atoms with E-state index in [1.807, 2.05) is 48.2 Å². The van der Waals surface area contributed by atoms with Crippen molar-refractivity contribution in [2.75, 3.05) is 26.2 Å². The lowest BCUT2D eigenvalue weighted by molar-refractivity contribution is -0.125. The first-order chi connectivity index (χ1) is 12.6. The third-order valence-corrected chi connectivity index (χ3v) is 4.54. The normalized spacial score (nSPS) is 15.8. The molecule has 1 amide bonds. The molecule has 1 fully saturated rings. The molecule has 0 atom stereocenters. The number of carbonyl (C=O) groups is 1. The van der Waals surface area contributed by atoms with Gasteiger partial charge in [-0.25, -0.2) is 0 Å². The SMILES string of the molecule is Cc1ccc(/C=C/C(=O)N2CCCN(Cc3ccc(C#N)cc3)CC2)o1. The molecular formula is C21H23N3O2. The summed E-state index contributed by atoms with van der Waals surface area (Å²) in [5.41, 5.74) is 1.87. The van der Waals surface area contributed by atoms with Gasteiger partial charge in [0.1, 0.15) is 11.5 Å². The predicted molar refractivity (Wildman–Crippen MR) is 100 cm³/mol. The number of nitrogens with zero attached hydrogens (tertiary/aromatic N) is 3. The van der Waals surface area contributed by atoms with Crippen molar-refractivity contribution in [2.45, 2.75) is 19.9 Å². The molecule has 5 heteroatoms. The highest BCUT2D eigenvalue weighted by atomic mass is 16.3. The van der Waals surface area contributed by atoms with E-state index >= 15 is 0 Å². The Morgan fingerprint density at radius 3 is 2.65 bits per heavy atom. The van der Waals surface area contributed by atoms with Crippen LogP contribution in [0.25, 0.3) is 6.08 Å². The number of hydrogen-bond donors (Lipinski definition) is 0. The second-order valence-electron chi connectivity index (χ2n) is 6.55. The molecule has 3 rings (SSSR count). The van der Waals surface area contributed by atoms with Crippen molar-refractivity contribution in [3.05, 3.63) is 65.1 Å². The third kappa shape index (κ3) is 4.84. The lowest BCUT2D eigenvalue weighted by atomic mass is 10.1. The zero-order valence-electron chi connectivity index (χ0n) is 15.0. The molecule has 0 spiro atoms. The quantitative estimate of drug-likeness (QED) is 0.795. The van der Waals surface area contributed by atoms with Crippen molar-refractivity contribution < 1.29 is 9.21 Å². The van der Waals surface area contributed by atoms with Crippen molar-refractivity contribution in [3.8, 4) is 6.07 Å². The summed E-state index contributed by atoms with van der Waals surface area (Å²) in [6.45, 7) is 6.02. The molecule has 2 heterocycles. The summed E-state index contributed by atoms with van der Waals surface area (Å²) in [7, 11) is 0. The maximum absolute atomic E-state index is 12.4. The first-order valence-corrected chi connectivity index (χ1v) is 8.89. The van der Waals surface area contributed by atoms with Crippen LogP contribution in [0.4, 0.5) is 0 Å². The summed E-state index contributed by atoms with van der Waals surface area (Å²) >= 11 is 0. The van der Waals surface area contributed by atoms with Gasteiger partial charge >= 0.3 is 0 Å². The molecule has 1 aromatic heterocycles. The molecule has 26 heavy (non-hydrogen) atoms. The van der Waals surface area contributed by atoms with Crippen LogP contribution in [0.1, 0.15) is 29.1 Å². The van der Waals surface area contributed by atoms with E-state index in [-0.39, 0.29) is 5.91 Å². The highest BCUT2D eigenvalue weighted by Crippen LogP contribution is 2.12. The van der Waals surface area contributed by atoms with Crippen molar-refractivity contribution in [1.29, 1.82) is 5.26 Å². The van der Waals surface area contributed by atoms with Gasteiger partial charge in [0.2, 0.25) is 5.91 Å². The summed E-state index contributed by atoms with van der Waals surface area (Å²) in [5, 5.41) is 8.88. The highest BCUT2D eigenvalue weighted by Gasteiger charge is 2.17. The minimum atomic E-state index is 0.0271. The van der Waals surface area contributed by atoms with Crippen molar-refractivity contribution in [3.63, 3.8) is 0 Å². The van der Waals surface area contributed by atoms with Crippen LogP contribution >= 0.6 is 0 Å². The second kappa shape index (κ2) is 8.50. The number of furan rings is 1. The molecule has 0 radical (unpaired) electrons. The van der Waals surface area contributed by atoms with Crippen LogP contribution in [0.3, 0.4) is 0 Å². The van der Waals surface area contributed by atoms with Crippen LogP contribution in [0, 0.1) is 18.3 Å². The Hall–Kier alpha value is -2.84. The number of amides is 1. The molecule has 5 nitrogen and oxygen atoms in total. The van der Waals surface area contributed by atoms with Crippen molar-refractivity contribution in [1.82, 2.24) is 9.80 Å². The van der Waals surface area contributed by atoms with E-state index in [9.17, 15) is 4.79 Å². The molecule has 0 bridgehead atoms. The highest BCUT2D eigenvalue weighted by molar-refractivity contribution is 5.91. The van der Waals surface area contributed by atoms with Gasteiger partial charge in [-0.15, -0.1) is 0 Å². The largest absolute Gasteiger partial charge is 0.462 e. The van der Waals surface area contributed by atoms with Gasteiger partial charge in [0.15, 0.2) is 0 Å². The van der Waals surface area contributed by atoms with Crippen LogP contribution in [-0.4, -0.2) is 41.9 Å². The number of hydrogen-bond acceptors (Lipinski definition) is 4. The molecule has 134 valence electrons. The first-order valence-electron chi connectivity index (χ1n) is 8.89. The van der Waals surface area contributed by atoms with Crippen LogP contribution in [0.5, 0.6) is 0 Å². The maximum atomic E-state index is 12.4. The van der Waals surface area contributed by atoms with Gasteiger partial charge in [-0.05, 0) is 49.2 Å². The molecule has 0 unspecified atom stereocenters. The fourth-order valence-electron chi connectivity index (χ4n) is 3.09. The van der Waals surface area contributed by atoms with Crippen LogP contribution in [0.2, 0.25) is 0 Å². The molecule has 2 aromatic rings. The first kappa shape index (κ1) is 18.0. The summed E-state index contributed by atoms with van der Waals surface area (Å²) < 4.78 is 5.46. The third-order valence-electron chi connectivity index (χ3n) is 4.54. The maximum Gasteiger partial charge on any atom is 0.246 e. The van der Waals surface area contributed by atoms with E-state index in [2.05, 4.69) is 11.0 Å². The van der Waals surface area contributed by atoms with E-state index in [1.54, 1.807) is 12.2 Å². The van der Waals surface area contributed by atoms with Crippen LogP contribution in [-0.2, 0) is 11.3 Å². The number of nitriles is 1. The van der Waals surface area contributed by atoms with Crippen LogP contribution < -0.4 is 0 Å². The van der Waals surface area contributed by atoms with Gasteiger partial charge in [-0.1, -0.05) is 12.1 Å². The summed E-state index contributed by atoms with van der Waals surface area (Å²) in [6, 6.07) is 13.6. The minimum absolute atomic E-state index is 0.0271. The molecule has 1 aliphatic rings. The Labute approximate surface area is 154 Å². The zero-order chi connectivity index (χ0) is 18.4. The van der Waals surface area contributed by atoms with Gasteiger partial charge in [0, 0.05) is 38.8 Å². The number of carbonyl (C=O) groups excluding carboxylic acids is 1. The van der Waals surface area contributed by atoms with E-state index in [0.717, 1.165) is 44.9 Å². The summed E-state index contributed by atoms with van der Waals surface area (Å²) in [5.74, 6) is 1.57. The number of rotatable bonds is 4. The van der Waals surface area contributed by atoms with Gasteiger partial charge < -0.3 is 9.32 Å². The Kier molecular flexibility index (Phi) is 5.88. The van der Waals surface area contributed by atoms with Gasteiger partial charge in [0.05, 0.1) is 11.6 Å². The molecular weight excluding hydrogens is 326 g/mol. The zero-order valence-corrected chi connectivity index (χ0v) is 15.0. The van der Waals surface area contributed by atoms with E-state index in [4.69, 9.17) is 9.68 Å². The number of aryl methyl sites for hydroxylation is 1. The van der Waals surface area contributed by atoms with E-state index in [1.165, 1.54) is 5.56 Å². The standard InChI is InChI=1S/C21H23N3O2/c1-17-3-8-20(26-17)9-10-21(25)24-12-2-11-23(13-14-24)16-19-6-4-18(15-22)5-7-19/h3-10H,2,11-14,16H2,1H3/b10-9+. The van der Waals surface area contributed by atoms with Crippen LogP contribution in [0.15, 0.2) is 46.9 Å². The fraction of sp³-hybridized carbons (Fsp3) is 0.333. The Morgan fingerprint density at radius 2 is 1.96 bits per heavy atom. The molecule has 0 saturated carbocycles. The smallest absolute Gasteiger partial charge is 0.246 e. The second-order valence-corrected chi connectivity index (χ2v) is 6.55. The Bertz CT molecular complexity index is 815. The minimum Gasteiger partial charge on any atom is -0.462 e. The van der Waals surface area contributed by atoms with E-state index in [0.29, 0.717) is 11.3 Å². The van der Waals surface area contributed by atoms with E-state index < -0.39 is 0 Å². The van der Waals surface area contributed by atoms with Crippen molar-refractivity contribution >= 4 is 12.0 Å². The van der Waals surface area contributed by atoms with Crippen molar-refractivity contribution in [2.24, 2.45) is 0 Å². The molecule has 0 aliphatic carbocycles. The Balaban J connectivity index is 1.53. The lowest BCUT2D eigenvalue weighted by Gasteiger charge is -2.21. The molecule has 1 aromatic carbocycles. The van der Waals surface area contributed by atoms with Gasteiger partial charge in [0.25, 0.3) is 0 Å². The topological polar surface area (TPSA) is 60.5 Å². The average Bonchev–Trinajstić information content (AvgIpc) is 2.93. The summed E-state index contributed by atoms with van der Waals surface area (Å²) in [6.07, 6.45) is 4.28. The lowest BCUT2D eigenvalue weighted by Crippen LogP contribution is -2.34. The molecule has 1 aliphatic heterocycles. The predicted octanol–water partition coefficient (Wildman–Crippen LogP) is 3.21. The summed E-state index contributed by atoms with van der Waals surface area (Å²) in [4.78, 5) is 16.7. The number of benzene rings is 1. The molecule has 1 saturated heterocycles. The monoisotopic (exact) mass is 349 g/mol. The molecule has 0 N–H and O–H groups in total. The Morgan fingerprint density at radius 1 is 1.15 bits per heavy atom. The fourth-order valence-corrected chi connectivity index (χ4v) is 3.09. The van der Waals surface area contributed by atoms with Gasteiger partial charge in [-0.3, -0.25) is 9.69 Å². The van der Waals surface area contributed by atoms with Gasteiger partial charge in [-0.2, -0.15) is 5.26 Å².